The second-order valence-electron chi connectivity index (χ2n) is 6.12. The lowest BCUT2D eigenvalue weighted by molar-refractivity contribution is 0.00135. The lowest BCUT2D eigenvalue weighted by Gasteiger charge is -2.35. The molecule has 2 aliphatic rings. The minimum atomic E-state index is -0.388. The molecule has 0 saturated heterocycles. The zero-order chi connectivity index (χ0) is 11.4. The summed E-state index contributed by atoms with van der Waals surface area (Å²) in [5.41, 5.74) is -0.388. The predicted octanol–water partition coefficient (Wildman–Crippen LogP) is 2.85. The van der Waals surface area contributed by atoms with Gasteiger partial charge in [-0.05, 0) is 44.4 Å². The molecule has 0 aliphatic heterocycles. The first-order chi connectivity index (χ1) is 7.68. The van der Waals surface area contributed by atoms with Crippen molar-refractivity contribution < 1.29 is 5.11 Å². The number of nitrogens with one attached hydrogen (secondary N) is 1. The zero-order valence-electron chi connectivity index (χ0n) is 10.7. The highest BCUT2D eigenvalue weighted by Crippen LogP contribution is 2.28. The van der Waals surface area contributed by atoms with Gasteiger partial charge in [0.05, 0.1) is 5.60 Å². The lowest BCUT2D eigenvalue weighted by Crippen LogP contribution is -2.46. The second-order valence-corrected chi connectivity index (χ2v) is 6.12. The fraction of sp³-hybridized carbons (Fsp3) is 1.00. The van der Waals surface area contributed by atoms with E-state index < -0.39 is 0 Å². The molecule has 2 saturated carbocycles. The first-order valence-electron chi connectivity index (χ1n) is 7.14. The van der Waals surface area contributed by atoms with Crippen LogP contribution in [0.4, 0.5) is 0 Å². The molecule has 0 aromatic carbocycles. The first kappa shape index (κ1) is 12.4. The molecular formula is C14H27NO. The van der Waals surface area contributed by atoms with Crippen LogP contribution in [-0.2, 0) is 0 Å². The summed E-state index contributed by atoms with van der Waals surface area (Å²) in [5, 5.41) is 14.0. The standard InChI is InChI=1S/C14H27NO/c1-12-5-7-13(8-6-12)15-11-14(16)9-3-2-4-10-14/h12-13,15-16H,2-11H2,1H3. The molecular weight excluding hydrogens is 198 g/mol. The van der Waals surface area contributed by atoms with Crippen LogP contribution in [-0.4, -0.2) is 23.3 Å². The molecule has 2 N–H and O–H groups in total. The van der Waals surface area contributed by atoms with Crippen LogP contribution >= 0.6 is 0 Å². The molecule has 2 fully saturated rings. The highest BCUT2D eigenvalue weighted by Gasteiger charge is 2.30. The molecule has 94 valence electrons. The Labute approximate surface area is 99.8 Å². The first-order valence-corrected chi connectivity index (χ1v) is 7.14. The van der Waals surface area contributed by atoms with Crippen molar-refractivity contribution in [2.24, 2.45) is 5.92 Å². The van der Waals surface area contributed by atoms with Gasteiger partial charge in [0, 0.05) is 12.6 Å². The molecule has 0 amide bonds. The molecule has 2 rings (SSSR count). The molecule has 0 radical (unpaired) electrons. The van der Waals surface area contributed by atoms with Gasteiger partial charge in [0.1, 0.15) is 0 Å². The van der Waals surface area contributed by atoms with E-state index in [-0.39, 0.29) is 5.60 Å². The minimum absolute atomic E-state index is 0.388. The Kier molecular flexibility index (Phi) is 4.26. The number of hydrogen-bond acceptors (Lipinski definition) is 2. The third kappa shape index (κ3) is 3.46. The van der Waals surface area contributed by atoms with Gasteiger partial charge in [-0.25, -0.2) is 0 Å². The third-order valence-corrected chi connectivity index (χ3v) is 4.52. The maximum absolute atomic E-state index is 10.4. The van der Waals surface area contributed by atoms with Gasteiger partial charge in [0.2, 0.25) is 0 Å². The summed E-state index contributed by atoms with van der Waals surface area (Å²) in [6.45, 7) is 3.18. The summed E-state index contributed by atoms with van der Waals surface area (Å²) in [7, 11) is 0. The molecule has 0 heterocycles. The van der Waals surface area contributed by atoms with Crippen molar-refractivity contribution in [1.82, 2.24) is 5.32 Å². The van der Waals surface area contributed by atoms with Gasteiger partial charge in [-0.2, -0.15) is 0 Å². The average molecular weight is 225 g/mol. The molecule has 0 atom stereocenters. The van der Waals surface area contributed by atoms with Crippen molar-refractivity contribution in [2.45, 2.75) is 76.4 Å². The van der Waals surface area contributed by atoms with Crippen molar-refractivity contribution in [1.29, 1.82) is 0 Å². The van der Waals surface area contributed by atoms with E-state index in [9.17, 15) is 5.11 Å². The van der Waals surface area contributed by atoms with E-state index in [4.69, 9.17) is 0 Å². The SMILES string of the molecule is CC1CCC(NCC2(O)CCCCC2)CC1. The van der Waals surface area contributed by atoms with Gasteiger partial charge in [-0.15, -0.1) is 0 Å². The van der Waals surface area contributed by atoms with Crippen LogP contribution in [0.2, 0.25) is 0 Å². The molecule has 0 aromatic rings. The van der Waals surface area contributed by atoms with Crippen molar-refractivity contribution in [3.63, 3.8) is 0 Å². The Morgan fingerprint density at radius 1 is 1.06 bits per heavy atom. The molecule has 0 spiro atoms. The summed E-state index contributed by atoms with van der Waals surface area (Å²) in [5.74, 6) is 0.913. The molecule has 0 bridgehead atoms. The largest absolute Gasteiger partial charge is 0.389 e. The lowest BCUT2D eigenvalue weighted by atomic mass is 9.83. The fourth-order valence-electron chi connectivity index (χ4n) is 3.19. The average Bonchev–Trinajstić information content (AvgIpc) is 2.29. The summed E-state index contributed by atoms with van der Waals surface area (Å²) in [6.07, 6.45) is 11.1. The van der Waals surface area contributed by atoms with E-state index >= 15 is 0 Å². The Bertz CT molecular complexity index is 203. The monoisotopic (exact) mass is 225 g/mol. The molecule has 2 heteroatoms. The Morgan fingerprint density at radius 3 is 2.31 bits per heavy atom. The van der Waals surface area contributed by atoms with Gasteiger partial charge in [0.15, 0.2) is 0 Å². The summed E-state index contributed by atoms with van der Waals surface area (Å²) >= 11 is 0. The fourth-order valence-corrected chi connectivity index (χ4v) is 3.19. The van der Waals surface area contributed by atoms with Gasteiger partial charge >= 0.3 is 0 Å². The van der Waals surface area contributed by atoms with Crippen LogP contribution in [0.3, 0.4) is 0 Å². The molecule has 2 aliphatic carbocycles. The van der Waals surface area contributed by atoms with E-state index in [1.165, 1.54) is 44.9 Å². The molecule has 16 heavy (non-hydrogen) atoms. The Morgan fingerprint density at radius 2 is 1.69 bits per heavy atom. The van der Waals surface area contributed by atoms with Crippen molar-refractivity contribution in [3.05, 3.63) is 0 Å². The zero-order valence-corrected chi connectivity index (χ0v) is 10.7. The minimum Gasteiger partial charge on any atom is -0.389 e. The van der Waals surface area contributed by atoms with Gasteiger partial charge in [-0.3, -0.25) is 0 Å². The summed E-state index contributed by atoms with van der Waals surface area (Å²) < 4.78 is 0. The van der Waals surface area contributed by atoms with Crippen LogP contribution < -0.4 is 5.32 Å². The highest BCUT2D eigenvalue weighted by atomic mass is 16.3. The van der Waals surface area contributed by atoms with E-state index in [1.54, 1.807) is 0 Å². The molecule has 2 nitrogen and oxygen atoms in total. The van der Waals surface area contributed by atoms with E-state index in [0.29, 0.717) is 6.04 Å². The Hall–Kier alpha value is -0.0800. The van der Waals surface area contributed by atoms with E-state index in [0.717, 1.165) is 25.3 Å². The third-order valence-electron chi connectivity index (χ3n) is 4.52. The van der Waals surface area contributed by atoms with Crippen LogP contribution in [0.1, 0.15) is 64.7 Å². The number of aliphatic hydroxyl groups is 1. The normalized spacial score (nSPS) is 34.9. The van der Waals surface area contributed by atoms with Gasteiger partial charge in [0.25, 0.3) is 0 Å². The van der Waals surface area contributed by atoms with Crippen LogP contribution in [0.15, 0.2) is 0 Å². The highest BCUT2D eigenvalue weighted by molar-refractivity contribution is 4.86. The predicted molar refractivity (Wildman–Crippen MR) is 67.5 cm³/mol. The second kappa shape index (κ2) is 5.50. The maximum Gasteiger partial charge on any atom is 0.0771 e. The van der Waals surface area contributed by atoms with E-state index in [2.05, 4.69) is 12.2 Å². The van der Waals surface area contributed by atoms with Crippen LogP contribution in [0.5, 0.6) is 0 Å². The summed E-state index contributed by atoms with van der Waals surface area (Å²) in [6, 6.07) is 0.669. The smallest absolute Gasteiger partial charge is 0.0771 e. The van der Waals surface area contributed by atoms with E-state index in [1.807, 2.05) is 0 Å². The van der Waals surface area contributed by atoms with Gasteiger partial charge in [-0.1, -0.05) is 26.2 Å². The van der Waals surface area contributed by atoms with Crippen LogP contribution in [0.25, 0.3) is 0 Å². The van der Waals surface area contributed by atoms with Crippen molar-refractivity contribution in [3.8, 4) is 0 Å². The van der Waals surface area contributed by atoms with Crippen molar-refractivity contribution >= 4 is 0 Å². The van der Waals surface area contributed by atoms with Crippen molar-refractivity contribution in [2.75, 3.05) is 6.54 Å². The summed E-state index contributed by atoms with van der Waals surface area (Å²) in [4.78, 5) is 0. The number of rotatable bonds is 3. The molecule has 0 unspecified atom stereocenters. The molecule has 0 aromatic heterocycles. The van der Waals surface area contributed by atoms with Gasteiger partial charge < -0.3 is 10.4 Å². The maximum atomic E-state index is 10.4. The quantitative estimate of drug-likeness (QED) is 0.774. The Balaban J connectivity index is 1.70. The van der Waals surface area contributed by atoms with Crippen LogP contribution in [0, 0.1) is 5.92 Å². The number of hydrogen-bond donors (Lipinski definition) is 2. The topological polar surface area (TPSA) is 32.3 Å².